The van der Waals surface area contributed by atoms with Crippen LogP contribution in [0.5, 0.6) is 0 Å². The highest BCUT2D eigenvalue weighted by Gasteiger charge is 2.33. The molecule has 2 rings (SSSR count). The van der Waals surface area contributed by atoms with Crippen LogP contribution in [0.15, 0.2) is 0 Å². The molecule has 2 N–H and O–H groups in total. The third-order valence-corrected chi connectivity index (χ3v) is 4.01. The number of amides is 1. The number of carbonyl (C=O) groups is 1. The summed E-state index contributed by atoms with van der Waals surface area (Å²) in [7, 11) is 0. The number of hydrogen-bond donors (Lipinski definition) is 2. The zero-order valence-corrected chi connectivity index (χ0v) is 11.0. The van der Waals surface area contributed by atoms with Gasteiger partial charge in [0, 0.05) is 26.2 Å². The van der Waals surface area contributed by atoms with Crippen molar-refractivity contribution in [2.75, 3.05) is 39.5 Å². The summed E-state index contributed by atoms with van der Waals surface area (Å²) >= 11 is 0. The minimum absolute atomic E-state index is 0.00577. The van der Waals surface area contributed by atoms with Crippen molar-refractivity contribution >= 4 is 5.91 Å². The van der Waals surface area contributed by atoms with Gasteiger partial charge in [-0.25, -0.2) is 0 Å². The topological polar surface area (TPSA) is 61.8 Å². The van der Waals surface area contributed by atoms with Crippen LogP contribution in [-0.4, -0.2) is 60.9 Å². The molecule has 0 aromatic heterocycles. The van der Waals surface area contributed by atoms with Gasteiger partial charge in [-0.05, 0) is 38.8 Å². The van der Waals surface area contributed by atoms with Crippen LogP contribution in [0.1, 0.15) is 32.1 Å². The molecule has 2 aliphatic heterocycles. The minimum Gasteiger partial charge on any atom is -0.394 e. The Labute approximate surface area is 108 Å². The average molecular weight is 256 g/mol. The van der Waals surface area contributed by atoms with Crippen molar-refractivity contribution in [2.45, 2.75) is 37.6 Å². The largest absolute Gasteiger partial charge is 0.394 e. The summed E-state index contributed by atoms with van der Waals surface area (Å²) in [6.07, 6.45) is 4.44. The zero-order valence-electron chi connectivity index (χ0n) is 11.0. The van der Waals surface area contributed by atoms with Crippen molar-refractivity contribution in [3.05, 3.63) is 0 Å². The first-order valence-corrected chi connectivity index (χ1v) is 6.96. The highest BCUT2D eigenvalue weighted by molar-refractivity contribution is 5.77. The Morgan fingerprint density at radius 3 is 2.56 bits per heavy atom. The molecule has 0 saturated carbocycles. The molecule has 104 valence electrons. The van der Waals surface area contributed by atoms with Crippen LogP contribution in [0.4, 0.5) is 0 Å². The lowest BCUT2D eigenvalue weighted by Crippen LogP contribution is -2.54. The Balaban J connectivity index is 1.74. The monoisotopic (exact) mass is 256 g/mol. The number of hydrogen-bond acceptors (Lipinski definition) is 4. The number of carbonyl (C=O) groups excluding carboxylic acids is 1. The number of nitrogens with zero attached hydrogens (tertiary/aromatic N) is 1. The second-order valence-electron chi connectivity index (χ2n) is 5.40. The predicted octanol–water partition coefficient (Wildman–Crippen LogP) is 0.130. The van der Waals surface area contributed by atoms with Gasteiger partial charge < -0.3 is 20.1 Å². The summed E-state index contributed by atoms with van der Waals surface area (Å²) in [5, 5.41) is 12.5. The number of aliphatic hydroxyl groups is 1. The Kier molecular flexibility index (Phi) is 4.97. The van der Waals surface area contributed by atoms with E-state index < -0.39 is 5.54 Å². The molecule has 2 saturated heterocycles. The van der Waals surface area contributed by atoms with Crippen molar-refractivity contribution in [3.8, 4) is 0 Å². The first kappa shape index (κ1) is 13.8. The van der Waals surface area contributed by atoms with E-state index in [0.29, 0.717) is 32.5 Å². The molecule has 1 amide bonds. The lowest BCUT2D eigenvalue weighted by Gasteiger charge is -2.36. The number of rotatable bonds is 5. The van der Waals surface area contributed by atoms with E-state index in [0.717, 1.165) is 19.6 Å². The van der Waals surface area contributed by atoms with Crippen LogP contribution in [0.25, 0.3) is 0 Å². The van der Waals surface area contributed by atoms with E-state index in [1.807, 2.05) is 0 Å². The summed E-state index contributed by atoms with van der Waals surface area (Å²) < 4.78 is 5.28. The zero-order chi connectivity index (χ0) is 12.8. The van der Waals surface area contributed by atoms with Crippen LogP contribution in [-0.2, 0) is 9.53 Å². The van der Waals surface area contributed by atoms with E-state index in [1.54, 1.807) is 0 Å². The molecule has 2 aliphatic rings. The summed E-state index contributed by atoms with van der Waals surface area (Å²) in [5.41, 5.74) is -0.444. The summed E-state index contributed by atoms with van der Waals surface area (Å²) in [5.74, 6) is 0.0536. The van der Waals surface area contributed by atoms with Gasteiger partial charge in [0.05, 0.1) is 12.1 Å². The van der Waals surface area contributed by atoms with Gasteiger partial charge in [0.15, 0.2) is 0 Å². The standard InChI is InChI=1S/C13H24N2O3/c16-11-13(4-9-18-10-5-13)14-12(17)3-8-15-6-1-2-7-15/h16H,1-11H2,(H,14,17). The molecule has 0 aromatic rings. The number of ether oxygens (including phenoxy) is 1. The second kappa shape index (κ2) is 6.50. The molecule has 18 heavy (non-hydrogen) atoms. The van der Waals surface area contributed by atoms with Crippen LogP contribution >= 0.6 is 0 Å². The lowest BCUT2D eigenvalue weighted by atomic mass is 9.91. The molecular weight excluding hydrogens is 232 g/mol. The van der Waals surface area contributed by atoms with E-state index in [9.17, 15) is 9.90 Å². The van der Waals surface area contributed by atoms with Gasteiger partial charge in [0.25, 0.3) is 0 Å². The van der Waals surface area contributed by atoms with Crippen molar-refractivity contribution in [2.24, 2.45) is 0 Å². The Morgan fingerprint density at radius 1 is 1.28 bits per heavy atom. The maximum Gasteiger partial charge on any atom is 0.221 e. The Bertz CT molecular complexity index is 271. The summed E-state index contributed by atoms with van der Waals surface area (Å²) in [6.45, 7) is 4.31. The van der Waals surface area contributed by atoms with Gasteiger partial charge in [-0.1, -0.05) is 0 Å². The Hall–Kier alpha value is -0.650. The van der Waals surface area contributed by atoms with Gasteiger partial charge in [-0.15, -0.1) is 0 Å². The minimum atomic E-state index is -0.444. The molecule has 0 atom stereocenters. The van der Waals surface area contributed by atoms with Gasteiger partial charge in [0.1, 0.15) is 0 Å². The first-order valence-electron chi connectivity index (χ1n) is 6.96. The van der Waals surface area contributed by atoms with Crippen molar-refractivity contribution < 1.29 is 14.6 Å². The molecule has 5 heteroatoms. The molecule has 2 fully saturated rings. The van der Waals surface area contributed by atoms with Crippen molar-refractivity contribution in [3.63, 3.8) is 0 Å². The van der Waals surface area contributed by atoms with Crippen LogP contribution in [0, 0.1) is 0 Å². The molecule has 0 bridgehead atoms. The second-order valence-corrected chi connectivity index (χ2v) is 5.40. The quantitative estimate of drug-likeness (QED) is 0.734. The smallest absolute Gasteiger partial charge is 0.221 e. The third-order valence-electron chi connectivity index (χ3n) is 4.01. The maximum atomic E-state index is 11.9. The number of nitrogens with one attached hydrogen (secondary N) is 1. The number of likely N-dealkylation sites (tertiary alicyclic amines) is 1. The number of aliphatic hydroxyl groups excluding tert-OH is 1. The van der Waals surface area contributed by atoms with Gasteiger partial charge >= 0.3 is 0 Å². The molecule has 0 aromatic carbocycles. The molecule has 5 nitrogen and oxygen atoms in total. The Morgan fingerprint density at radius 2 is 1.94 bits per heavy atom. The fraction of sp³-hybridized carbons (Fsp3) is 0.923. The maximum absolute atomic E-state index is 11.9. The summed E-state index contributed by atoms with van der Waals surface area (Å²) in [6, 6.07) is 0. The molecule has 0 unspecified atom stereocenters. The highest BCUT2D eigenvalue weighted by atomic mass is 16.5. The molecule has 2 heterocycles. The van der Waals surface area contributed by atoms with E-state index >= 15 is 0 Å². The van der Waals surface area contributed by atoms with Crippen LogP contribution in [0.2, 0.25) is 0 Å². The van der Waals surface area contributed by atoms with Crippen LogP contribution < -0.4 is 5.32 Å². The fourth-order valence-corrected chi connectivity index (χ4v) is 2.71. The first-order chi connectivity index (χ1) is 8.74. The molecule has 0 aliphatic carbocycles. The molecule has 0 radical (unpaired) electrons. The van der Waals surface area contributed by atoms with Crippen molar-refractivity contribution in [1.82, 2.24) is 10.2 Å². The van der Waals surface area contributed by atoms with E-state index in [2.05, 4.69) is 10.2 Å². The summed E-state index contributed by atoms with van der Waals surface area (Å²) in [4.78, 5) is 14.3. The predicted molar refractivity (Wildman–Crippen MR) is 68.3 cm³/mol. The van der Waals surface area contributed by atoms with Gasteiger partial charge in [-0.2, -0.15) is 0 Å². The average Bonchev–Trinajstić information content (AvgIpc) is 2.91. The van der Waals surface area contributed by atoms with Crippen LogP contribution in [0.3, 0.4) is 0 Å². The van der Waals surface area contributed by atoms with Crippen molar-refractivity contribution in [1.29, 1.82) is 0 Å². The van der Waals surface area contributed by atoms with Gasteiger partial charge in [-0.3, -0.25) is 4.79 Å². The highest BCUT2D eigenvalue weighted by Crippen LogP contribution is 2.20. The van der Waals surface area contributed by atoms with E-state index in [1.165, 1.54) is 12.8 Å². The van der Waals surface area contributed by atoms with Gasteiger partial charge in [0.2, 0.25) is 5.91 Å². The normalized spacial score (nSPS) is 24.1. The van der Waals surface area contributed by atoms with E-state index in [4.69, 9.17) is 4.74 Å². The lowest BCUT2D eigenvalue weighted by molar-refractivity contribution is -0.125. The fourth-order valence-electron chi connectivity index (χ4n) is 2.71. The molecular formula is C13H24N2O3. The SMILES string of the molecule is O=C(CCN1CCCC1)NC1(CO)CCOCC1. The third kappa shape index (κ3) is 3.67. The van der Waals surface area contributed by atoms with E-state index in [-0.39, 0.29) is 12.5 Å². The molecule has 0 spiro atoms.